The van der Waals surface area contributed by atoms with Crippen LogP contribution in [-0.4, -0.2) is 10.7 Å². The normalized spacial score (nSPS) is 41.2. The smallest absolute Gasteiger partial charge is 0.153 e. The third kappa shape index (κ3) is 0.818. The van der Waals surface area contributed by atoms with Crippen molar-refractivity contribution in [3.8, 4) is 6.07 Å². The Bertz CT molecular complexity index is 147. The molecule has 0 aromatic heterocycles. The molecule has 0 saturated heterocycles. The van der Waals surface area contributed by atoms with E-state index in [0.717, 1.165) is 12.8 Å². The lowest BCUT2D eigenvalue weighted by Crippen LogP contribution is -2.45. The highest BCUT2D eigenvalue weighted by atomic mass is 16.3. The van der Waals surface area contributed by atoms with Gasteiger partial charge in [-0.1, -0.05) is 6.92 Å². The number of hydrogen-bond acceptors (Lipinski definition) is 2. The summed E-state index contributed by atoms with van der Waals surface area (Å²) in [5.41, 5.74) is -0.964. The lowest BCUT2D eigenvalue weighted by atomic mass is 9.69. The summed E-state index contributed by atoms with van der Waals surface area (Å²) in [6.07, 6.45) is 2.60. The zero-order valence-corrected chi connectivity index (χ0v) is 5.59. The Balaban J connectivity index is 2.54. The van der Waals surface area contributed by atoms with Gasteiger partial charge in [-0.15, -0.1) is 0 Å². The Morgan fingerprint density at radius 3 is 2.67 bits per heavy atom. The van der Waals surface area contributed by atoms with Gasteiger partial charge in [0.25, 0.3) is 0 Å². The van der Waals surface area contributed by atoms with Gasteiger partial charge in [-0.2, -0.15) is 5.26 Å². The van der Waals surface area contributed by atoms with E-state index in [2.05, 4.69) is 0 Å². The summed E-state index contributed by atoms with van der Waals surface area (Å²) in [7, 11) is 0. The SMILES string of the molecule is CCC1CCC1(O)C#N. The fraction of sp³-hybridized carbons (Fsp3) is 0.857. The van der Waals surface area contributed by atoms with E-state index in [-0.39, 0.29) is 5.92 Å². The molecule has 2 heteroatoms. The van der Waals surface area contributed by atoms with Crippen LogP contribution in [0.15, 0.2) is 0 Å². The fourth-order valence-corrected chi connectivity index (χ4v) is 1.31. The van der Waals surface area contributed by atoms with Crippen molar-refractivity contribution in [2.24, 2.45) is 5.92 Å². The molecular weight excluding hydrogens is 114 g/mol. The number of hydrogen-bond donors (Lipinski definition) is 1. The molecule has 50 valence electrons. The Morgan fingerprint density at radius 2 is 2.56 bits per heavy atom. The summed E-state index contributed by atoms with van der Waals surface area (Å²) in [6.45, 7) is 2.01. The fourth-order valence-electron chi connectivity index (χ4n) is 1.31. The van der Waals surface area contributed by atoms with Gasteiger partial charge in [0, 0.05) is 5.92 Å². The molecule has 1 saturated carbocycles. The average Bonchev–Trinajstić information content (AvgIpc) is 1.85. The molecule has 0 heterocycles. The van der Waals surface area contributed by atoms with E-state index < -0.39 is 5.60 Å². The van der Waals surface area contributed by atoms with Gasteiger partial charge in [0.1, 0.15) is 0 Å². The molecule has 0 amide bonds. The molecule has 1 aliphatic carbocycles. The second-order valence-electron chi connectivity index (χ2n) is 2.68. The van der Waals surface area contributed by atoms with Crippen LogP contribution in [0.2, 0.25) is 0 Å². The van der Waals surface area contributed by atoms with Gasteiger partial charge < -0.3 is 5.11 Å². The van der Waals surface area contributed by atoms with Crippen LogP contribution in [0.25, 0.3) is 0 Å². The minimum atomic E-state index is -0.964. The van der Waals surface area contributed by atoms with Gasteiger partial charge in [0.05, 0.1) is 6.07 Å². The molecule has 2 unspecified atom stereocenters. The molecule has 0 radical (unpaired) electrons. The van der Waals surface area contributed by atoms with Crippen molar-refractivity contribution in [3.63, 3.8) is 0 Å². The Hall–Kier alpha value is -0.550. The molecule has 1 fully saturated rings. The number of nitriles is 1. The van der Waals surface area contributed by atoms with Crippen molar-refractivity contribution in [3.05, 3.63) is 0 Å². The molecule has 1 aliphatic rings. The first-order valence-corrected chi connectivity index (χ1v) is 3.36. The van der Waals surface area contributed by atoms with Crippen LogP contribution < -0.4 is 0 Å². The summed E-state index contributed by atoms with van der Waals surface area (Å²) in [5.74, 6) is 0.238. The Labute approximate surface area is 55.1 Å². The van der Waals surface area contributed by atoms with Crippen molar-refractivity contribution in [2.75, 3.05) is 0 Å². The maximum absolute atomic E-state index is 9.32. The highest BCUT2D eigenvalue weighted by molar-refractivity contribution is 5.10. The minimum Gasteiger partial charge on any atom is -0.375 e. The number of rotatable bonds is 1. The third-order valence-corrected chi connectivity index (χ3v) is 2.24. The van der Waals surface area contributed by atoms with Crippen molar-refractivity contribution in [2.45, 2.75) is 31.8 Å². The van der Waals surface area contributed by atoms with E-state index in [1.165, 1.54) is 0 Å². The molecule has 0 aromatic rings. The van der Waals surface area contributed by atoms with E-state index in [4.69, 9.17) is 5.26 Å². The maximum atomic E-state index is 9.32. The summed E-state index contributed by atoms with van der Waals surface area (Å²) >= 11 is 0. The quantitative estimate of drug-likeness (QED) is 0.532. The first-order valence-electron chi connectivity index (χ1n) is 3.36. The molecular formula is C7H11NO. The predicted molar refractivity (Wildman–Crippen MR) is 33.6 cm³/mol. The molecule has 2 nitrogen and oxygen atoms in total. The van der Waals surface area contributed by atoms with Crippen LogP contribution in [0.5, 0.6) is 0 Å². The molecule has 2 atom stereocenters. The third-order valence-electron chi connectivity index (χ3n) is 2.24. The first-order chi connectivity index (χ1) is 4.23. The standard InChI is InChI=1S/C7H11NO/c1-2-6-3-4-7(6,9)5-8/h6,9H,2-4H2,1H3. The van der Waals surface area contributed by atoms with Crippen molar-refractivity contribution >= 4 is 0 Å². The van der Waals surface area contributed by atoms with E-state index in [1.54, 1.807) is 0 Å². The number of nitrogens with zero attached hydrogens (tertiary/aromatic N) is 1. The van der Waals surface area contributed by atoms with Crippen LogP contribution in [0.1, 0.15) is 26.2 Å². The lowest BCUT2D eigenvalue weighted by molar-refractivity contribution is -0.0457. The molecule has 0 spiro atoms. The average molecular weight is 125 g/mol. The van der Waals surface area contributed by atoms with Crippen molar-refractivity contribution in [1.82, 2.24) is 0 Å². The summed E-state index contributed by atoms with van der Waals surface area (Å²) in [6, 6.07) is 1.93. The topological polar surface area (TPSA) is 44.0 Å². The highest BCUT2D eigenvalue weighted by Crippen LogP contribution is 2.39. The van der Waals surface area contributed by atoms with E-state index in [9.17, 15) is 5.11 Å². The van der Waals surface area contributed by atoms with E-state index >= 15 is 0 Å². The van der Waals surface area contributed by atoms with E-state index in [0.29, 0.717) is 6.42 Å². The summed E-state index contributed by atoms with van der Waals surface area (Å²) in [5, 5.41) is 17.8. The van der Waals surface area contributed by atoms with Crippen molar-refractivity contribution < 1.29 is 5.11 Å². The lowest BCUT2D eigenvalue weighted by Gasteiger charge is -2.39. The summed E-state index contributed by atoms with van der Waals surface area (Å²) in [4.78, 5) is 0. The van der Waals surface area contributed by atoms with Crippen LogP contribution in [0, 0.1) is 17.2 Å². The van der Waals surface area contributed by atoms with Crippen LogP contribution >= 0.6 is 0 Å². The molecule has 1 rings (SSSR count). The van der Waals surface area contributed by atoms with Gasteiger partial charge >= 0.3 is 0 Å². The first kappa shape index (κ1) is 6.57. The molecule has 9 heavy (non-hydrogen) atoms. The van der Waals surface area contributed by atoms with Gasteiger partial charge in [-0.3, -0.25) is 0 Å². The van der Waals surface area contributed by atoms with Gasteiger partial charge in [-0.25, -0.2) is 0 Å². The molecule has 0 aromatic carbocycles. The van der Waals surface area contributed by atoms with Gasteiger partial charge in [0.2, 0.25) is 0 Å². The Kier molecular flexibility index (Phi) is 1.46. The van der Waals surface area contributed by atoms with Crippen LogP contribution in [-0.2, 0) is 0 Å². The van der Waals surface area contributed by atoms with Gasteiger partial charge in [0.15, 0.2) is 5.60 Å². The molecule has 0 aliphatic heterocycles. The largest absolute Gasteiger partial charge is 0.375 e. The Morgan fingerprint density at radius 1 is 1.89 bits per heavy atom. The predicted octanol–water partition coefficient (Wildman–Crippen LogP) is 1.06. The van der Waals surface area contributed by atoms with E-state index in [1.807, 2.05) is 13.0 Å². The maximum Gasteiger partial charge on any atom is 0.153 e. The second kappa shape index (κ2) is 2.00. The van der Waals surface area contributed by atoms with Crippen LogP contribution in [0.4, 0.5) is 0 Å². The zero-order chi connectivity index (χ0) is 6.91. The molecule has 1 N–H and O–H groups in total. The molecule has 0 bridgehead atoms. The minimum absolute atomic E-state index is 0.238. The number of aliphatic hydroxyl groups is 1. The summed E-state index contributed by atoms with van der Waals surface area (Å²) < 4.78 is 0. The zero-order valence-electron chi connectivity index (χ0n) is 5.59. The van der Waals surface area contributed by atoms with Crippen molar-refractivity contribution in [1.29, 1.82) is 5.26 Å². The van der Waals surface area contributed by atoms with Gasteiger partial charge in [-0.05, 0) is 19.3 Å². The second-order valence-corrected chi connectivity index (χ2v) is 2.68. The highest BCUT2D eigenvalue weighted by Gasteiger charge is 2.44. The monoisotopic (exact) mass is 125 g/mol. The van der Waals surface area contributed by atoms with Crippen LogP contribution in [0.3, 0.4) is 0 Å².